The summed E-state index contributed by atoms with van der Waals surface area (Å²) >= 11 is 0. The molecule has 0 aliphatic carbocycles. The van der Waals surface area contributed by atoms with Gasteiger partial charge in [-0.05, 0) is 13.5 Å². The van der Waals surface area contributed by atoms with E-state index in [9.17, 15) is 4.79 Å². The van der Waals surface area contributed by atoms with Gasteiger partial charge in [0, 0.05) is 31.9 Å². The molecule has 104 valence electrons. The van der Waals surface area contributed by atoms with Crippen molar-refractivity contribution in [1.82, 2.24) is 25.6 Å². The van der Waals surface area contributed by atoms with Crippen molar-refractivity contribution in [2.45, 2.75) is 39.4 Å². The average molecular weight is 256 g/mol. The minimum absolute atomic E-state index is 0.446. The van der Waals surface area contributed by atoms with Gasteiger partial charge in [0.1, 0.15) is 0 Å². The molecule has 7 nitrogen and oxygen atoms in total. The molecule has 1 aromatic heterocycles. The Morgan fingerprint density at radius 2 is 2.22 bits per heavy atom. The van der Waals surface area contributed by atoms with Gasteiger partial charge in [-0.25, -0.2) is 0 Å². The monoisotopic (exact) mass is 256 g/mol. The summed E-state index contributed by atoms with van der Waals surface area (Å²) in [7, 11) is 1.50. The lowest BCUT2D eigenvalue weighted by molar-refractivity contribution is -0.109. The maximum atomic E-state index is 10.0. The second-order valence-electron chi connectivity index (χ2n) is 3.93. The van der Waals surface area contributed by atoms with E-state index in [0.29, 0.717) is 19.0 Å². The molecule has 0 bridgehead atoms. The number of nitrogens with zero attached hydrogens (tertiary/aromatic N) is 3. The molecular weight excluding hydrogens is 232 g/mol. The second kappa shape index (κ2) is 10.7. The van der Waals surface area contributed by atoms with Crippen molar-refractivity contribution >= 4 is 6.41 Å². The molecule has 1 heterocycles. The summed E-state index contributed by atoms with van der Waals surface area (Å²) in [5.74, 6) is 0. The number of carbonyl (C=O) groups excluding carboxylic acids is 1. The number of amides is 1. The lowest BCUT2D eigenvalue weighted by atomic mass is 10.3. The number of nitrogens with two attached hydrogens (primary N) is 1. The third kappa shape index (κ3) is 7.75. The van der Waals surface area contributed by atoms with Crippen molar-refractivity contribution < 1.29 is 4.79 Å². The summed E-state index contributed by atoms with van der Waals surface area (Å²) < 4.78 is 1.80. The minimum atomic E-state index is 0.446. The van der Waals surface area contributed by atoms with E-state index in [2.05, 4.69) is 40.5 Å². The van der Waals surface area contributed by atoms with Crippen LogP contribution in [0.2, 0.25) is 0 Å². The molecule has 0 atom stereocenters. The summed E-state index contributed by atoms with van der Waals surface area (Å²) in [4.78, 5) is 10.0. The zero-order chi connectivity index (χ0) is 13.8. The lowest BCUT2D eigenvalue weighted by Gasteiger charge is -2.04. The number of aromatic nitrogens is 3. The summed E-state index contributed by atoms with van der Waals surface area (Å²) in [5.41, 5.74) is 5.44. The van der Waals surface area contributed by atoms with Crippen LogP contribution in [-0.4, -0.2) is 41.0 Å². The summed E-state index contributed by atoms with van der Waals surface area (Å²) in [6.07, 6.45) is 3.49. The van der Waals surface area contributed by atoms with Gasteiger partial charge >= 0.3 is 0 Å². The number of hydrogen-bond donors (Lipinski definition) is 3. The van der Waals surface area contributed by atoms with E-state index in [4.69, 9.17) is 0 Å². The highest BCUT2D eigenvalue weighted by atomic mass is 16.1. The Kier molecular flexibility index (Phi) is 9.80. The van der Waals surface area contributed by atoms with Crippen LogP contribution in [0.5, 0.6) is 0 Å². The molecule has 0 aromatic carbocycles. The Morgan fingerprint density at radius 3 is 2.83 bits per heavy atom. The third-order valence-corrected chi connectivity index (χ3v) is 2.07. The highest BCUT2D eigenvalue weighted by Crippen LogP contribution is 1.94. The largest absolute Gasteiger partial charge is 0.359 e. The predicted octanol–water partition coefficient (Wildman–Crippen LogP) is -0.513. The fourth-order valence-corrected chi connectivity index (χ4v) is 1.24. The van der Waals surface area contributed by atoms with Crippen LogP contribution >= 0.6 is 0 Å². The summed E-state index contributed by atoms with van der Waals surface area (Å²) in [6, 6.07) is 0.446. The van der Waals surface area contributed by atoms with E-state index >= 15 is 0 Å². The van der Waals surface area contributed by atoms with Crippen LogP contribution in [0.1, 0.15) is 26.0 Å². The SMILES string of the molecule is CC(C)NCc1cn(CCCNC=O)nn1.CN. The van der Waals surface area contributed by atoms with Gasteiger partial charge in [-0.2, -0.15) is 0 Å². The maximum Gasteiger partial charge on any atom is 0.207 e. The minimum Gasteiger partial charge on any atom is -0.359 e. The molecule has 0 aliphatic rings. The maximum absolute atomic E-state index is 10.0. The number of hydrogen-bond acceptors (Lipinski definition) is 5. The molecule has 0 radical (unpaired) electrons. The first kappa shape index (κ1) is 16.5. The molecule has 0 aliphatic heterocycles. The molecule has 1 rings (SSSR count). The van der Waals surface area contributed by atoms with Crippen LogP contribution in [0.4, 0.5) is 0 Å². The predicted molar refractivity (Wildman–Crippen MR) is 70.8 cm³/mol. The fourth-order valence-electron chi connectivity index (χ4n) is 1.24. The van der Waals surface area contributed by atoms with Crippen molar-refractivity contribution in [3.8, 4) is 0 Å². The van der Waals surface area contributed by atoms with E-state index in [-0.39, 0.29) is 0 Å². The van der Waals surface area contributed by atoms with Gasteiger partial charge in [0.25, 0.3) is 0 Å². The van der Waals surface area contributed by atoms with Gasteiger partial charge in [-0.15, -0.1) is 5.10 Å². The average Bonchev–Trinajstić information content (AvgIpc) is 2.83. The normalized spacial score (nSPS) is 9.83. The smallest absolute Gasteiger partial charge is 0.207 e. The molecule has 0 saturated carbocycles. The molecule has 7 heteroatoms. The van der Waals surface area contributed by atoms with Crippen LogP contribution < -0.4 is 16.4 Å². The molecule has 0 fully saturated rings. The zero-order valence-corrected chi connectivity index (χ0v) is 11.4. The number of nitrogens with one attached hydrogen (secondary N) is 2. The van der Waals surface area contributed by atoms with Crippen LogP contribution in [0.25, 0.3) is 0 Å². The first-order valence-electron chi connectivity index (χ1n) is 6.09. The molecule has 0 spiro atoms. The Balaban J connectivity index is 0.00000137. The number of aryl methyl sites for hydroxylation is 1. The lowest BCUT2D eigenvalue weighted by Crippen LogP contribution is -2.21. The highest BCUT2D eigenvalue weighted by Gasteiger charge is 2.01. The van der Waals surface area contributed by atoms with Crippen LogP contribution in [0, 0.1) is 0 Å². The highest BCUT2D eigenvalue weighted by molar-refractivity contribution is 5.45. The number of rotatable bonds is 8. The standard InChI is InChI=1S/C10H19N5O.CH5N/c1-9(2)12-6-10-7-15(14-13-10)5-3-4-11-8-16;1-2/h7-9,12H,3-6H2,1-2H3,(H,11,16);2H2,1H3. The first-order chi connectivity index (χ1) is 8.72. The van der Waals surface area contributed by atoms with Crippen LogP contribution in [0.15, 0.2) is 6.20 Å². The fraction of sp³-hybridized carbons (Fsp3) is 0.727. The Morgan fingerprint density at radius 1 is 1.50 bits per heavy atom. The molecular formula is C11H24N6O. The number of carbonyl (C=O) groups is 1. The van der Waals surface area contributed by atoms with Crippen molar-refractivity contribution in [2.24, 2.45) is 5.73 Å². The Labute approximate surface area is 108 Å². The van der Waals surface area contributed by atoms with E-state index < -0.39 is 0 Å². The van der Waals surface area contributed by atoms with E-state index in [1.54, 1.807) is 4.68 Å². The van der Waals surface area contributed by atoms with E-state index in [1.807, 2.05) is 6.20 Å². The Bertz CT molecular complexity index is 312. The van der Waals surface area contributed by atoms with Gasteiger partial charge in [0.05, 0.1) is 5.69 Å². The molecule has 18 heavy (non-hydrogen) atoms. The second-order valence-corrected chi connectivity index (χ2v) is 3.93. The van der Waals surface area contributed by atoms with Crippen molar-refractivity contribution in [1.29, 1.82) is 0 Å². The van der Waals surface area contributed by atoms with Crippen molar-refractivity contribution in [3.63, 3.8) is 0 Å². The van der Waals surface area contributed by atoms with Crippen LogP contribution in [0.3, 0.4) is 0 Å². The van der Waals surface area contributed by atoms with Gasteiger partial charge in [0.15, 0.2) is 0 Å². The quantitative estimate of drug-likeness (QED) is 0.430. The van der Waals surface area contributed by atoms with Gasteiger partial charge in [0.2, 0.25) is 6.41 Å². The molecule has 1 amide bonds. The topological polar surface area (TPSA) is 97.9 Å². The van der Waals surface area contributed by atoms with E-state index in [1.165, 1.54) is 7.05 Å². The van der Waals surface area contributed by atoms with Gasteiger partial charge < -0.3 is 16.4 Å². The molecule has 1 aromatic rings. The Hall–Kier alpha value is -1.47. The van der Waals surface area contributed by atoms with Crippen molar-refractivity contribution in [2.75, 3.05) is 13.6 Å². The summed E-state index contributed by atoms with van der Waals surface area (Å²) in [6.45, 7) is 6.37. The first-order valence-corrected chi connectivity index (χ1v) is 6.09. The molecule has 4 N–H and O–H groups in total. The van der Waals surface area contributed by atoms with Gasteiger partial charge in [-0.3, -0.25) is 9.48 Å². The summed E-state index contributed by atoms with van der Waals surface area (Å²) in [5, 5.41) is 13.9. The van der Waals surface area contributed by atoms with Gasteiger partial charge in [-0.1, -0.05) is 19.1 Å². The molecule has 0 saturated heterocycles. The zero-order valence-electron chi connectivity index (χ0n) is 11.4. The molecule has 0 unspecified atom stereocenters. The van der Waals surface area contributed by atoms with Crippen LogP contribution in [-0.2, 0) is 17.9 Å². The third-order valence-electron chi connectivity index (χ3n) is 2.07. The van der Waals surface area contributed by atoms with Crippen molar-refractivity contribution in [3.05, 3.63) is 11.9 Å². The van der Waals surface area contributed by atoms with E-state index in [0.717, 1.165) is 25.2 Å².